The molecule has 2 aromatic rings. The minimum atomic E-state index is -0.526. The fourth-order valence-corrected chi connectivity index (χ4v) is 4.91. The molecule has 1 aromatic carbocycles. The summed E-state index contributed by atoms with van der Waals surface area (Å²) in [7, 11) is 0. The molecule has 1 aliphatic rings. The lowest BCUT2D eigenvalue weighted by molar-refractivity contribution is -0.134. The number of nitrogens with one attached hydrogen (secondary N) is 2. The number of carbonyl (C=O) groups is 3. The number of rotatable bonds is 7. The number of hydrogen-bond donors (Lipinski definition) is 2. The van der Waals surface area contributed by atoms with Crippen LogP contribution in [0, 0.1) is 20.8 Å². The molecule has 2 atom stereocenters. The first kappa shape index (κ1) is 23.2. The molecule has 2 unspecified atom stereocenters. The van der Waals surface area contributed by atoms with Crippen molar-refractivity contribution >= 4 is 52.8 Å². The summed E-state index contributed by atoms with van der Waals surface area (Å²) in [6.07, 6.45) is 0. The summed E-state index contributed by atoms with van der Waals surface area (Å²) in [5, 5.41) is 8.85. The molecule has 0 radical (unpaired) electrons. The zero-order valence-electron chi connectivity index (χ0n) is 17.9. The number of benzene rings is 1. The van der Waals surface area contributed by atoms with Gasteiger partial charge in [-0.15, -0.1) is 23.5 Å². The van der Waals surface area contributed by atoms with Crippen molar-refractivity contribution in [3.8, 4) is 0 Å². The highest BCUT2D eigenvalue weighted by Crippen LogP contribution is 2.25. The van der Waals surface area contributed by atoms with Crippen LogP contribution in [-0.4, -0.2) is 56.5 Å². The highest BCUT2D eigenvalue weighted by molar-refractivity contribution is 8.01. The molecule has 0 bridgehead atoms. The summed E-state index contributed by atoms with van der Waals surface area (Å²) < 4.78 is 4.93. The fourth-order valence-electron chi connectivity index (χ4n) is 2.96. The van der Waals surface area contributed by atoms with Crippen LogP contribution < -0.4 is 10.6 Å². The standard InChI is InChI=1S/C21H26N4O4S2/c1-12-5-6-16(7-13(12)2)22-21(28)17-9-30-11-25(17)19(26)10-31-15(4)20(27)23-18-8-14(3)29-24-18/h5-8,15,17H,9-11H2,1-4H3,(H,22,28)(H,23,24,27). The van der Waals surface area contributed by atoms with E-state index in [0.29, 0.717) is 23.2 Å². The second-order valence-corrected chi connectivity index (χ2v) is 9.76. The zero-order chi connectivity index (χ0) is 22.5. The summed E-state index contributed by atoms with van der Waals surface area (Å²) in [5.74, 6) is 1.46. The van der Waals surface area contributed by atoms with Gasteiger partial charge < -0.3 is 20.1 Å². The molecule has 166 valence electrons. The number of nitrogens with zero attached hydrogens (tertiary/aromatic N) is 2. The van der Waals surface area contributed by atoms with Gasteiger partial charge in [0.25, 0.3) is 0 Å². The van der Waals surface area contributed by atoms with Crippen LogP contribution in [0.2, 0.25) is 0 Å². The second-order valence-electron chi connectivity index (χ2n) is 7.43. The molecule has 0 spiro atoms. The van der Waals surface area contributed by atoms with Crippen molar-refractivity contribution in [3.63, 3.8) is 0 Å². The van der Waals surface area contributed by atoms with E-state index in [0.717, 1.165) is 16.8 Å². The molecule has 8 nitrogen and oxygen atoms in total. The summed E-state index contributed by atoms with van der Waals surface area (Å²) in [5.41, 5.74) is 2.97. The van der Waals surface area contributed by atoms with Gasteiger partial charge in [-0.3, -0.25) is 14.4 Å². The number of amides is 3. The maximum atomic E-state index is 12.8. The molecule has 31 heavy (non-hydrogen) atoms. The molecular formula is C21H26N4O4S2. The van der Waals surface area contributed by atoms with E-state index in [-0.39, 0.29) is 23.5 Å². The van der Waals surface area contributed by atoms with E-state index >= 15 is 0 Å². The largest absolute Gasteiger partial charge is 0.360 e. The van der Waals surface area contributed by atoms with Crippen LogP contribution in [0.1, 0.15) is 23.8 Å². The molecule has 1 aliphatic heterocycles. The normalized spacial score (nSPS) is 16.8. The van der Waals surface area contributed by atoms with Crippen LogP contribution in [0.25, 0.3) is 0 Å². The summed E-state index contributed by atoms with van der Waals surface area (Å²) in [6, 6.07) is 6.85. The third-order valence-electron chi connectivity index (χ3n) is 4.99. The van der Waals surface area contributed by atoms with Crippen molar-refractivity contribution in [2.45, 2.75) is 39.0 Å². The van der Waals surface area contributed by atoms with Gasteiger partial charge in [-0.05, 0) is 51.0 Å². The van der Waals surface area contributed by atoms with Crippen LogP contribution in [0.4, 0.5) is 11.5 Å². The average molecular weight is 463 g/mol. The number of carbonyl (C=O) groups excluding carboxylic acids is 3. The van der Waals surface area contributed by atoms with Crippen LogP contribution >= 0.6 is 23.5 Å². The van der Waals surface area contributed by atoms with Crippen LogP contribution in [0.15, 0.2) is 28.8 Å². The van der Waals surface area contributed by atoms with Crippen molar-refractivity contribution in [2.75, 3.05) is 28.0 Å². The van der Waals surface area contributed by atoms with E-state index in [1.54, 1.807) is 36.6 Å². The van der Waals surface area contributed by atoms with Crippen LogP contribution in [0.5, 0.6) is 0 Å². The smallest absolute Gasteiger partial charge is 0.248 e. The predicted molar refractivity (Wildman–Crippen MR) is 124 cm³/mol. The van der Waals surface area contributed by atoms with Crippen molar-refractivity contribution < 1.29 is 18.9 Å². The summed E-state index contributed by atoms with van der Waals surface area (Å²) >= 11 is 2.77. The Kier molecular flexibility index (Phi) is 7.66. The highest BCUT2D eigenvalue weighted by Gasteiger charge is 2.35. The molecule has 10 heteroatoms. The van der Waals surface area contributed by atoms with E-state index in [4.69, 9.17) is 4.52 Å². The number of aromatic nitrogens is 1. The van der Waals surface area contributed by atoms with Crippen LogP contribution in [-0.2, 0) is 14.4 Å². The SMILES string of the molecule is Cc1cc(NC(=O)C(C)SCC(=O)N2CSCC2C(=O)Nc2ccc(C)c(C)c2)no1. The van der Waals surface area contributed by atoms with Gasteiger partial charge in [0.05, 0.1) is 16.9 Å². The van der Waals surface area contributed by atoms with Gasteiger partial charge >= 0.3 is 0 Å². The van der Waals surface area contributed by atoms with Gasteiger partial charge in [0, 0.05) is 17.5 Å². The molecule has 2 N–H and O–H groups in total. The molecule has 1 aromatic heterocycles. The number of aryl methyl sites for hydroxylation is 3. The quantitative estimate of drug-likeness (QED) is 0.651. The Morgan fingerprint density at radius 1 is 1.23 bits per heavy atom. The topological polar surface area (TPSA) is 105 Å². The van der Waals surface area contributed by atoms with E-state index in [9.17, 15) is 14.4 Å². The van der Waals surface area contributed by atoms with Crippen molar-refractivity contribution in [2.24, 2.45) is 0 Å². The first-order chi connectivity index (χ1) is 14.7. The molecule has 3 amide bonds. The Balaban J connectivity index is 1.52. The number of anilines is 2. The lowest BCUT2D eigenvalue weighted by atomic mass is 10.1. The Bertz CT molecular complexity index is 978. The summed E-state index contributed by atoms with van der Waals surface area (Å²) in [6.45, 7) is 7.47. The van der Waals surface area contributed by atoms with E-state index in [2.05, 4.69) is 15.8 Å². The molecule has 0 saturated carbocycles. The Labute approximate surface area is 189 Å². The maximum Gasteiger partial charge on any atom is 0.248 e. The fraction of sp³-hybridized carbons (Fsp3) is 0.429. The maximum absolute atomic E-state index is 12.8. The lowest BCUT2D eigenvalue weighted by Gasteiger charge is -2.23. The molecular weight excluding hydrogens is 436 g/mol. The molecule has 1 saturated heterocycles. The molecule has 0 aliphatic carbocycles. The molecule has 1 fully saturated rings. The summed E-state index contributed by atoms with van der Waals surface area (Å²) in [4.78, 5) is 39.4. The Morgan fingerprint density at radius 2 is 2.00 bits per heavy atom. The third kappa shape index (κ3) is 6.04. The predicted octanol–water partition coefficient (Wildman–Crippen LogP) is 3.20. The second kappa shape index (κ2) is 10.2. The van der Waals surface area contributed by atoms with E-state index in [1.807, 2.05) is 32.0 Å². The monoisotopic (exact) mass is 462 g/mol. The van der Waals surface area contributed by atoms with Gasteiger partial charge in [0.2, 0.25) is 17.7 Å². The van der Waals surface area contributed by atoms with Gasteiger partial charge in [-0.1, -0.05) is 11.2 Å². The van der Waals surface area contributed by atoms with E-state index in [1.165, 1.54) is 11.8 Å². The average Bonchev–Trinajstić information content (AvgIpc) is 3.37. The number of thioether (sulfide) groups is 2. The van der Waals surface area contributed by atoms with Crippen molar-refractivity contribution in [1.29, 1.82) is 0 Å². The number of hydrogen-bond acceptors (Lipinski definition) is 7. The first-order valence-electron chi connectivity index (χ1n) is 9.85. The molecule has 3 rings (SSSR count). The van der Waals surface area contributed by atoms with Gasteiger partial charge in [-0.25, -0.2) is 0 Å². The van der Waals surface area contributed by atoms with Gasteiger partial charge in [0.15, 0.2) is 5.82 Å². The van der Waals surface area contributed by atoms with E-state index < -0.39 is 11.3 Å². The zero-order valence-corrected chi connectivity index (χ0v) is 19.6. The van der Waals surface area contributed by atoms with Gasteiger partial charge in [0.1, 0.15) is 11.8 Å². The van der Waals surface area contributed by atoms with Crippen LogP contribution in [0.3, 0.4) is 0 Å². The minimum Gasteiger partial charge on any atom is -0.360 e. The van der Waals surface area contributed by atoms with Gasteiger partial charge in [-0.2, -0.15) is 0 Å². The first-order valence-corrected chi connectivity index (χ1v) is 12.1. The van der Waals surface area contributed by atoms with Crippen molar-refractivity contribution in [1.82, 2.24) is 10.1 Å². The highest BCUT2D eigenvalue weighted by atomic mass is 32.2. The Hall–Kier alpha value is -2.46. The lowest BCUT2D eigenvalue weighted by Crippen LogP contribution is -2.45. The van der Waals surface area contributed by atoms with Crippen molar-refractivity contribution in [3.05, 3.63) is 41.2 Å². The molecule has 2 heterocycles. The minimum absolute atomic E-state index is 0.112. The third-order valence-corrected chi connectivity index (χ3v) is 7.12. The Morgan fingerprint density at radius 3 is 2.68 bits per heavy atom.